The molecule has 8 nitrogen and oxygen atoms in total. The van der Waals surface area contributed by atoms with Crippen molar-refractivity contribution in [2.45, 2.75) is 116 Å². The van der Waals surface area contributed by atoms with Crippen LogP contribution in [0.3, 0.4) is 0 Å². The Hall–Kier alpha value is -2.13. The lowest BCUT2D eigenvalue weighted by Gasteiger charge is -2.39. The number of rotatable bonds is 6. The van der Waals surface area contributed by atoms with Gasteiger partial charge in [0.1, 0.15) is 11.0 Å². The van der Waals surface area contributed by atoms with Crippen LogP contribution in [0.4, 0.5) is 10.5 Å². The molecule has 0 aromatic carbocycles. The van der Waals surface area contributed by atoms with Crippen LogP contribution < -0.4 is 10.2 Å². The van der Waals surface area contributed by atoms with Gasteiger partial charge >= 0.3 is 12.1 Å². The van der Waals surface area contributed by atoms with Crippen molar-refractivity contribution in [3.63, 3.8) is 0 Å². The van der Waals surface area contributed by atoms with Crippen LogP contribution in [0, 0.1) is 11.8 Å². The molecule has 1 aliphatic heterocycles. The number of hydrogen-bond donors (Lipinski definition) is 1. The summed E-state index contributed by atoms with van der Waals surface area (Å²) in [6, 6.07) is 2.01. The fourth-order valence-corrected chi connectivity index (χ4v) is 7.12. The lowest BCUT2D eigenvalue weighted by Crippen LogP contribution is -2.49. The summed E-state index contributed by atoms with van der Waals surface area (Å²) in [4.78, 5) is 43.1. The Balaban J connectivity index is 1.52. The summed E-state index contributed by atoms with van der Waals surface area (Å²) in [6.07, 6.45) is 7.89. The number of carbonyl (C=O) groups excluding carboxylic acids is 3. The van der Waals surface area contributed by atoms with Crippen molar-refractivity contribution >= 4 is 35.0 Å². The minimum atomic E-state index is -0.397. The molecule has 2 heterocycles. The number of anilines is 1. The molecule has 0 unspecified atom stereocenters. The number of thiophene rings is 1. The topological polar surface area (TPSA) is 94.2 Å². The number of carbonyl (C=O) groups is 3. The van der Waals surface area contributed by atoms with Crippen LogP contribution in [-0.2, 0) is 24.4 Å². The zero-order valence-corrected chi connectivity index (χ0v) is 25.1. The maximum Gasteiger partial charge on any atom is 0.407 e. The summed E-state index contributed by atoms with van der Waals surface area (Å²) in [5.41, 5.74) is 0.531. The van der Waals surface area contributed by atoms with Gasteiger partial charge in [0.15, 0.2) is 0 Å². The average Bonchev–Trinajstić information content (AvgIpc) is 3.36. The second-order valence-electron chi connectivity index (χ2n) is 12.6. The van der Waals surface area contributed by atoms with Crippen LogP contribution in [0.15, 0.2) is 6.07 Å². The minimum Gasteiger partial charge on any atom is -0.465 e. The van der Waals surface area contributed by atoms with Crippen molar-refractivity contribution in [3.8, 4) is 0 Å². The van der Waals surface area contributed by atoms with E-state index in [9.17, 15) is 14.4 Å². The van der Waals surface area contributed by atoms with Gasteiger partial charge in [0.05, 0.1) is 26.0 Å². The lowest BCUT2D eigenvalue weighted by atomic mass is 9.81. The Kier molecular flexibility index (Phi) is 9.97. The molecule has 9 heteroatoms. The normalized spacial score (nSPS) is 26.5. The van der Waals surface area contributed by atoms with Gasteiger partial charge in [-0.05, 0) is 68.8 Å². The summed E-state index contributed by atoms with van der Waals surface area (Å²) in [6.45, 7) is 9.86. The van der Waals surface area contributed by atoms with Crippen LogP contribution in [0.2, 0.25) is 0 Å². The third kappa shape index (κ3) is 7.54. The van der Waals surface area contributed by atoms with E-state index in [1.807, 2.05) is 11.0 Å². The summed E-state index contributed by atoms with van der Waals surface area (Å²) >= 11 is 1.43. The predicted molar refractivity (Wildman–Crippen MR) is 152 cm³/mol. The van der Waals surface area contributed by atoms with Crippen LogP contribution >= 0.6 is 11.3 Å². The Morgan fingerprint density at radius 1 is 0.974 bits per heavy atom. The van der Waals surface area contributed by atoms with Crippen molar-refractivity contribution < 1.29 is 28.6 Å². The van der Waals surface area contributed by atoms with Crippen molar-refractivity contribution in [3.05, 3.63) is 15.8 Å². The molecule has 2 amide bonds. The summed E-state index contributed by atoms with van der Waals surface area (Å²) in [5, 5.41) is 3.05. The van der Waals surface area contributed by atoms with Gasteiger partial charge in [-0.1, -0.05) is 27.7 Å². The fraction of sp³-hybridized carbons (Fsp3) is 0.767. The van der Waals surface area contributed by atoms with E-state index < -0.39 is 5.97 Å². The first-order valence-electron chi connectivity index (χ1n) is 14.7. The lowest BCUT2D eigenvalue weighted by molar-refractivity contribution is -0.124. The average molecular weight is 563 g/mol. The van der Waals surface area contributed by atoms with Crippen LogP contribution in [-0.4, -0.2) is 56.5 Å². The predicted octanol–water partition coefficient (Wildman–Crippen LogP) is 6.21. The number of nitrogens with one attached hydrogen (secondary N) is 1. The van der Waals surface area contributed by atoms with E-state index in [4.69, 9.17) is 14.2 Å². The molecule has 39 heavy (non-hydrogen) atoms. The van der Waals surface area contributed by atoms with Gasteiger partial charge in [-0.2, -0.15) is 0 Å². The highest BCUT2D eigenvalue weighted by molar-refractivity contribution is 7.14. The molecule has 0 atom stereocenters. The number of alkyl carbamates (subject to hydrolysis) is 1. The van der Waals surface area contributed by atoms with Crippen LogP contribution in [0.25, 0.3) is 0 Å². The molecule has 0 radical (unpaired) electrons. The molecule has 3 fully saturated rings. The maximum atomic E-state index is 14.2. The third-order valence-electron chi connectivity index (χ3n) is 8.51. The quantitative estimate of drug-likeness (QED) is 0.415. The third-order valence-corrected chi connectivity index (χ3v) is 10.0. The van der Waals surface area contributed by atoms with Gasteiger partial charge in [0.25, 0.3) is 0 Å². The van der Waals surface area contributed by atoms with Crippen molar-refractivity contribution in [2.24, 2.45) is 11.8 Å². The fourth-order valence-electron chi connectivity index (χ4n) is 5.99. The van der Waals surface area contributed by atoms with Crippen molar-refractivity contribution in [1.29, 1.82) is 0 Å². The van der Waals surface area contributed by atoms with E-state index in [2.05, 4.69) is 33.0 Å². The van der Waals surface area contributed by atoms with E-state index in [0.717, 1.165) is 69.1 Å². The Labute approximate surface area is 237 Å². The molecule has 2 aliphatic carbocycles. The van der Waals surface area contributed by atoms with E-state index in [-0.39, 0.29) is 41.5 Å². The molecule has 3 aliphatic rings. The van der Waals surface area contributed by atoms with E-state index in [1.165, 1.54) is 18.4 Å². The number of methoxy groups -OCH3 is 1. The Morgan fingerprint density at radius 2 is 1.62 bits per heavy atom. The van der Waals surface area contributed by atoms with E-state index >= 15 is 0 Å². The minimum absolute atomic E-state index is 0.00811. The highest BCUT2D eigenvalue weighted by atomic mass is 32.1. The maximum absolute atomic E-state index is 14.2. The van der Waals surface area contributed by atoms with Gasteiger partial charge in [0, 0.05) is 35.7 Å². The van der Waals surface area contributed by atoms with Crippen molar-refractivity contribution in [1.82, 2.24) is 5.32 Å². The summed E-state index contributed by atoms with van der Waals surface area (Å²) in [7, 11) is 1.40. The Bertz CT molecular complexity index is 996. The first-order chi connectivity index (χ1) is 18.6. The second kappa shape index (κ2) is 13.0. The SMILES string of the molecule is COC(=O)c1sc(C(C)(C)C)cc1N(C(=O)[C@H]1CC[C@H](C)CC1)C1CCC(NC(=O)OC2CCOCC2)CC1. The molecule has 1 N–H and O–H groups in total. The number of hydrogen-bond acceptors (Lipinski definition) is 7. The molecule has 2 saturated carbocycles. The van der Waals surface area contributed by atoms with Crippen molar-refractivity contribution in [2.75, 3.05) is 25.2 Å². The summed E-state index contributed by atoms with van der Waals surface area (Å²) < 4.78 is 16.1. The number of ether oxygens (including phenoxy) is 3. The number of nitrogens with zero attached hydrogens (tertiary/aromatic N) is 1. The van der Waals surface area contributed by atoms with Gasteiger partial charge in [-0.3, -0.25) is 4.79 Å². The molecule has 218 valence electrons. The Morgan fingerprint density at radius 3 is 2.21 bits per heavy atom. The van der Waals surface area contributed by atoms with Gasteiger partial charge in [-0.25, -0.2) is 9.59 Å². The number of esters is 1. The molecule has 0 bridgehead atoms. The largest absolute Gasteiger partial charge is 0.465 e. The molecule has 1 saturated heterocycles. The highest BCUT2D eigenvalue weighted by Crippen LogP contribution is 2.42. The second-order valence-corrected chi connectivity index (χ2v) is 13.7. The zero-order chi connectivity index (χ0) is 28.2. The zero-order valence-electron chi connectivity index (χ0n) is 24.3. The molecule has 4 rings (SSSR count). The van der Waals surface area contributed by atoms with Gasteiger partial charge < -0.3 is 24.4 Å². The monoisotopic (exact) mass is 562 g/mol. The van der Waals surface area contributed by atoms with Crippen LogP contribution in [0.5, 0.6) is 0 Å². The smallest absolute Gasteiger partial charge is 0.407 e. The molecule has 1 aromatic heterocycles. The van der Waals surface area contributed by atoms with E-state index in [0.29, 0.717) is 29.7 Å². The molecule has 1 aromatic rings. The van der Waals surface area contributed by atoms with Crippen LogP contribution in [0.1, 0.15) is 106 Å². The molecular formula is C30H46N2O6S. The van der Waals surface area contributed by atoms with Gasteiger partial charge in [-0.15, -0.1) is 11.3 Å². The molecular weight excluding hydrogens is 516 g/mol. The number of amides is 2. The highest BCUT2D eigenvalue weighted by Gasteiger charge is 2.38. The van der Waals surface area contributed by atoms with E-state index in [1.54, 1.807) is 0 Å². The molecule has 0 spiro atoms. The first kappa shape index (κ1) is 29.8. The first-order valence-corrected chi connectivity index (χ1v) is 15.5. The van der Waals surface area contributed by atoms with Gasteiger partial charge in [0.2, 0.25) is 5.91 Å². The summed E-state index contributed by atoms with van der Waals surface area (Å²) in [5.74, 6) is 0.339. The standard InChI is InChI=1S/C30H46N2O6S/c1-19-6-8-20(9-7-19)27(33)32(24-18-25(30(2,3)4)39-26(24)28(34)36-5)22-12-10-21(11-13-22)31-29(35)38-23-14-16-37-17-15-23/h18-23H,6-17H2,1-5H3,(H,31,35)/t19-,20-,21?,22?.